The molecule has 5 aromatic rings. The number of methoxy groups -OCH3 is 1. The van der Waals surface area contributed by atoms with Crippen LogP contribution in [0.3, 0.4) is 0 Å². The zero-order valence-corrected chi connectivity index (χ0v) is 18.0. The van der Waals surface area contributed by atoms with E-state index in [0.29, 0.717) is 17.5 Å². The molecule has 0 spiro atoms. The van der Waals surface area contributed by atoms with E-state index in [1.807, 2.05) is 50.2 Å². The van der Waals surface area contributed by atoms with Crippen LogP contribution in [0.1, 0.15) is 11.1 Å². The second-order valence-corrected chi connectivity index (χ2v) is 7.73. The monoisotopic (exact) mass is 427 g/mol. The van der Waals surface area contributed by atoms with E-state index >= 15 is 0 Å². The van der Waals surface area contributed by atoms with Gasteiger partial charge in [0.2, 0.25) is 0 Å². The molecule has 0 bridgehead atoms. The number of para-hydroxylation sites is 2. The molecule has 4 N–H and O–H groups in total. The van der Waals surface area contributed by atoms with Crippen LogP contribution in [-0.2, 0) is 0 Å². The van der Waals surface area contributed by atoms with Crippen LogP contribution in [0.15, 0.2) is 70.2 Å². The Labute approximate surface area is 184 Å². The first kappa shape index (κ1) is 19.7. The number of imidazole rings is 1. The van der Waals surface area contributed by atoms with Crippen LogP contribution in [0.5, 0.6) is 11.5 Å². The fourth-order valence-electron chi connectivity index (χ4n) is 3.92. The Kier molecular flexibility index (Phi) is 4.78. The summed E-state index contributed by atoms with van der Waals surface area (Å²) in [4.78, 5) is 6.55. The quantitative estimate of drug-likeness (QED) is 0.364. The Balaban J connectivity index is 1.68. The molecule has 160 valence electrons. The molecule has 0 aliphatic heterocycles. The number of rotatable bonds is 4. The van der Waals surface area contributed by atoms with Gasteiger partial charge in [0.25, 0.3) is 0 Å². The number of phenolic OH excluding ortho intramolecular Hbond substituents is 1. The van der Waals surface area contributed by atoms with Gasteiger partial charge in [-0.05, 0) is 61.4 Å². The average molecular weight is 427 g/mol. The van der Waals surface area contributed by atoms with Crippen LogP contribution in [0.25, 0.3) is 33.3 Å². The number of anilines is 1. The summed E-state index contributed by atoms with van der Waals surface area (Å²) >= 11 is 0. The number of aromatic amines is 2. The van der Waals surface area contributed by atoms with E-state index in [1.165, 1.54) is 7.11 Å². The minimum absolute atomic E-state index is 0.0738. The summed E-state index contributed by atoms with van der Waals surface area (Å²) in [5.74, 6) is 1.74. The smallest absolute Gasteiger partial charge is 0.377 e. The molecule has 2 heterocycles. The first-order valence-electron chi connectivity index (χ1n) is 10.2. The van der Waals surface area contributed by atoms with Gasteiger partial charge >= 0.3 is 5.95 Å². The molecule has 3 aromatic carbocycles. The number of ether oxygens (including phenoxy) is 1. The van der Waals surface area contributed by atoms with Crippen LogP contribution in [0, 0.1) is 13.8 Å². The molecule has 0 unspecified atom stereocenters. The molecule has 7 heteroatoms. The lowest BCUT2D eigenvalue weighted by Crippen LogP contribution is -2.13. The molecule has 5 rings (SSSR count). The highest BCUT2D eigenvalue weighted by atomic mass is 16.5. The zero-order valence-electron chi connectivity index (χ0n) is 18.0. The van der Waals surface area contributed by atoms with E-state index in [-0.39, 0.29) is 5.75 Å². The van der Waals surface area contributed by atoms with Gasteiger partial charge in [0.15, 0.2) is 11.5 Å². The van der Waals surface area contributed by atoms with Gasteiger partial charge in [0.05, 0.1) is 7.11 Å². The number of hydrogen-bond donors (Lipinski definition) is 3. The maximum Gasteiger partial charge on any atom is 0.377 e. The van der Waals surface area contributed by atoms with Crippen LogP contribution < -0.4 is 20.5 Å². The number of hydrogen-bond acceptors (Lipinski definition) is 5. The lowest BCUT2D eigenvalue weighted by atomic mass is 10.0. The van der Waals surface area contributed by atoms with Crippen molar-refractivity contribution in [2.24, 2.45) is 5.10 Å². The maximum atomic E-state index is 9.96. The molecule has 0 atom stereocenters. The number of nitrogens with zero attached hydrogens (tertiary/aromatic N) is 1. The Morgan fingerprint density at radius 3 is 2.72 bits per heavy atom. The lowest BCUT2D eigenvalue weighted by molar-refractivity contribution is -0.326. The number of aromatic hydroxyl groups is 1. The molecule has 7 nitrogen and oxygen atoms in total. The number of phenols is 1. The average Bonchev–Trinajstić information content (AvgIpc) is 3.20. The Bertz CT molecular complexity index is 1500. The zero-order chi connectivity index (χ0) is 22.2. The number of aromatic nitrogens is 2. The summed E-state index contributed by atoms with van der Waals surface area (Å²) in [5, 5.41) is 16.3. The van der Waals surface area contributed by atoms with Gasteiger partial charge in [0.1, 0.15) is 27.7 Å². The number of H-pyrrole nitrogens is 2. The number of benzene rings is 3. The lowest BCUT2D eigenvalue weighted by Gasteiger charge is -2.09. The minimum atomic E-state index is 0.0738. The molecule has 0 amide bonds. The summed E-state index contributed by atoms with van der Waals surface area (Å²) in [6, 6.07) is 19.0. The minimum Gasteiger partial charge on any atom is -0.504 e. The van der Waals surface area contributed by atoms with Crippen molar-refractivity contribution in [3.63, 3.8) is 0 Å². The van der Waals surface area contributed by atoms with E-state index in [4.69, 9.17) is 9.15 Å². The molecule has 0 aliphatic carbocycles. The third kappa shape index (κ3) is 3.54. The highest BCUT2D eigenvalue weighted by Crippen LogP contribution is 2.32. The molecular formula is C25H23N4O3+. The summed E-state index contributed by atoms with van der Waals surface area (Å²) < 4.78 is 11.5. The van der Waals surface area contributed by atoms with Crippen LogP contribution in [0.4, 0.5) is 5.95 Å². The summed E-state index contributed by atoms with van der Waals surface area (Å²) in [7, 11) is 1.52. The standard InChI is InChI=1S/C25H22N4O3/c1-14-10-15(2)24-19(28-29-25-26-17-6-4-5-7-18(17)27-25)13-21(32-23(24)11-14)16-8-9-20(30)22(12-16)31-3/h4-13,30H,1-3H3,(H2,26,27,29)/p+1/b28-19+. The molecule has 0 saturated heterocycles. The summed E-state index contributed by atoms with van der Waals surface area (Å²) in [6.07, 6.45) is 0. The number of fused-ring (bicyclic) bond motifs is 2. The SMILES string of the molecule is COc1cc(-c2c/c(=N\Nc3[nH]c4ccccc4[nH+]3)c3c(C)cc(C)cc3o2)ccc1O. The highest BCUT2D eigenvalue weighted by molar-refractivity contribution is 5.82. The predicted molar refractivity (Wildman–Crippen MR) is 123 cm³/mol. The van der Waals surface area contributed by atoms with Gasteiger partial charge in [-0.2, -0.15) is 5.43 Å². The van der Waals surface area contributed by atoms with Gasteiger partial charge in [-0.25, -0.2) is 9.97 Å². The Morgan fingerprint density at radius 2 is 1.91 bits per heavy atom. The molecule has 0 saturated carbocycles. The van der Waals surface area contributed by atoms with E-state index in [9.17, 15) is 5.11 Å². The normalized spacial score (nSPS) is 11.9. The van der Waals surface area contributed by atoms with Crippen molar-refractivity contribution in [3.05, 3.63) is 77.1 Å². The van der Waals surface area contributed by atoms with Crippen LogP contribution >= 0.6 is 0 Å². The predicted octanol–water partition coefficient (Wildman–Crippen LogP) is 4.65. The van der Waals surface area contributed by atoms with Crippen molar-refractivity contribution >= 4 is 28.0 Å². The van der Waals surface area contributed by atoms with E-state index < -0.39 is 0 Å². The Hall–Kier alpha value is -4.26. The number of nitrogens with one attached hydrogen (secondary N) is 3. The molecule has 0 fully saturated rings. The fourth-order valence-corrected chi connectivity index (χ4v) is 3.92. The van der Waals surface area contributed by atoms with Crippen molar-refractivity contribution in [2.45, 2.75) is 13.8 Å². The van der Waals surface area contributed by atoms with Crippen molar-refractivity contribution < 1.29 is 19.2 Å². The van der Waals surface area contributed by atoms with E-state index in [1.54, 1.807) is 18.2 Å². The van der Waals surface area contributed by atoms with Crippen molar-refractivity contribution in [1.82, 2.24) is 4.98 Å². The molecule has 2 aromatic heterocycles. The molecular weight excluding hydrogens is 404 g/mol. The van der Waals surface area contributed by atoms with Gasteiger partial charge in [-0.3, -0.25) is 0 Å². The van der Waals surface area contributed by atoms with Crippen molar-refractivity contribution in [2.75, 3.05) is 12.5 Å². The molecule has 0 aliphatic rings. The fraction of sp³-hybridized carbons (Fsp3) is 0.120. The molecule has 0 radical (unpaired) electrons. The first-order chi connectivity index (χ1) is 15.5. The molecule has 32 heavy (non-hydrogen) atoms. The third-order valence-electron chi connectivity index (χ3n) is 5.39. The van der Waals surface area contributed by atoms with Gasteiger partial charge in [-0.15, -0.1) is 5.10 Å². The van der Waals surface area contributed by atoms with E-state index in [0.717, 1.165) is 44.1 Å². The second-order valence-electron chi connectivity index (χ2n) is 7.73. The maximum absolute atomic E-state index is 9.96. The number of aryl methyl sites for hydroxylation is 2. The first-order valence-corrected chi connectivity index (χ1v) is 10.2. The van der Waals surface area contributed by atoms with Gasteiger partial charge in [-0.1, -0.05) is 18.2 Å². The summed E-state index contributed by atoms with van der Waals surface area (Å²) in [6.45, 7) is 4.08. The van der Waals surface area contributed by atoms with Crippen molar-refractivity contribution in [3.8, 4) is 22.8 Å². The topological polar surface area (TPSA) is 96.9 Å². The van der Waals surface area contributed by atoms with Gasteiger partial charge in [0, 0.05) is 17.0 Å². The highest BCUT2D eigenvalue weighted by Gasteiger charge is 2.13. The Morgan fingerprint density at radius 1 is 1.06 bits per heavy atom. The largest absolute Gasteiger partial charge is 0.504 e. The third-order valence-corrected chi connectivity index (χ3v) is 5.39. The van der Waals surface area contributed by atoms with Crippen LogP contribution in [-0.4, -0.2) is 17.2 Å². The van der Waals surface area contributed by atoms with Crippen LogP contribution in [0.2, 0.25) is 0 Å². The second kappa shape index (κ2) is 7.77. The van der Waals surface area contributed by atoms with Crippen molar-refractivity contribution in [1.29, 1.82) is 0 Å². The van der Waals surface area contributed by atoms with E-state index in [2.05, 4.69) is 26.6 Å². The summed E-state index contributed by atoms with van der Waals surface area (Å²) in [5.41, 5.74) is 8.75. The van der Waals surface area contributed by atoms with Gasteiger partial charge < -0.3 is 14.3 Å².